The van der Waals surface area contributed by atoms with Crippen LogP contribution in [0.15, 0.2) is 151 Å². The van der Waals surface area contributed by atoms with Gasteiger partial charge in [-0.05, 0) is 41.9 Å². The quantitative estimate of drug-likeness (QED) is 0.230. The van der Waals surface area contributed by atoms with Gasteiger partial charge >= 0.3 is 0 Å². The number of hydrogen-bond donors (Lipinski definition) is 0. The summed E-state index contributed by atoms with van der Waals surface area (Å²) in [5.41, 5.74) is 4.96. The molecule has 0 N–H and O–H groups in total. The minimum absolute atomic E-state index is 0.0163. The van der Waals surface area contributed by atoms with E-state index in [-0.39, 0.29) is 11.0 Å². The monoisotopic (exact) mass is 496 g/mol. The zero-order valence-corrected chi connectivity index (χ0v) is 23.0. The average molecular weight is 497 g/mol. The smallest absolute Gasteiger partial charge is 0.0954 e. The third kappa shape index (κ3) is 6.28. The van der Waals surface area contributed by atoms with Crippen LogP contribution in [0.4, 0.5) is 0 Å². The lowest BCUT2D eigenvalue weighted by atomic mass is 9.76. The predicted octanol–water partition coefficient (Wildman–Crippen LogP) is 6.67. The Morgan fingerprint density at radius 1 is 0.757 bits per heavy atom. The van der Waals surface area contributed by atoms with E-state index in [1.165, 1.54) is 16.3 Å². The average Bonchev–Trinajstić information content (AvgIpc) is 3.53. The first kappa shape index (κ1) is 26.2. The van der Waals surface area contributed by atoms with Gasteiger partial charge in [-0.3, -0.25) is 0 Å². The number of imidazole rings is 1. The van der Waals surface area contributed by atoms with E-state index in [2.05, 4.69) is 121 Å². The van der Waals surface area contributed by atoms with Crippen molar-refractivity contribution in [1.29, 1.82) is 0 Å². The van der Waals surface area contributed by atoms with E-state index in [0.29, 0.717) is 0 Å². The van der Waals surface area contributed by atoms with E-state index in [0.717, 1.165) is 11.1 Å². The summed E-state index contributed by atoms with van der Waals surface area (Å²) in [6, 6.07) is 41.9. The van der Waals surface area contributed by atoms with Gasteiger partial charge in [0.15, 0.2) is 0 Å². The highest BCUT2D eigenvalue weighted by Gasteiger charge is 2.36. The third-order valence-electron chi connectivity index (χ3n) is 6.79. The van der Waals surface area contributed by atoms with Crippen molar-refractivity contribution in [3.63, 3.8) is 0 Å². The van der Waals surface area contributed by atoms with Gasteiger partial charge in [-0.2, -0.15) is 0 Å². The van der Waals surface area contributed by atoms with Crippen molar-refractivity contribution < 1.29 is 0 Å². The molecule has 5 rings (SSSR count). The molecule has 0 unspecified atom stereocenters. The molecule has 2 nitrogen and oxygen atoms in total. The van der Waals surface area contributed by atoms with Crippen LogP contribution in [0.2, 0.25) is 0 Å². The predicted molar refractivity (Wildman–Crippen MR) is 160 cm³/mol. The Morgan fingerprint density at radius 2 is 1.19 bits per heavy atom. The summed E-state index contributed by atoms with van der Waals surface area (Å²) in [5.74, 6) is -0.0163. The lowest BCUT2D eigenvalue weighted by molar-refractivity contribution is 0.594. The highest BCUT2D eigenvalue weighted by Crippen LogP contribution is 2.34. The van der Waals surface area contributed by atoms with E-state index in [4.69, 9.17) is 7.85 Å². The van der Waals surface area contributed by atoms with Crippen LogP contribution in [0.5, 0.6) is 0 Å². The van der Waals surface area contributed by atoms with Crippen LogP contribution in [-0.2, 0) is 5.16 Å². The van der Waals surface area contributed by atoms with Gasteiger partial charge in [0.05, 0.1) is 28.9 Å². The molecule has 0 aliphatic heterocycles. The summed E-state index contributed by atoms with van der Waals surface area (Å²) >= 11 is 0. The van der Waals surface area contributed by atoms with E-state index >= 15 is 0 Å². The van der Waals surface area contributed by atoms with Crippen LogP contribution < -0.4 is 0 Å². The Bertz CT molecular complexity index is 1270. The number of aromatic nitrogens is 2. The Kier molecular flexibility index (Phi) is 9.12. The topological polar surface area (TPSA) is 17.8 Å². The second-order valence-electron chi connectivity index (χ2n) is 9.17. The molecule has 0 spiro atoms. The van der Waals surface area contributed by atoms with Crippen molar-refractivity contribution in [3.8, 4) is 0 Å². The van der Waals surface area contributed by atoms with Gasteiger partial charge in [0.1, 0.15) is 0 Å². The second-order valence-corrected chi connectivity index (χ2v) is 11.7. The first-order valence-corrected chi connectivity index (χ1v) is 14.1. The van der Waals surface area contributed by atoms with E-state index in [1.54, 1.807) is 0 Å². The normalized spacial score (nSPS) is 11.9. The Balaban J connectivity index is 0.000000195. The minimum Gasteiger partial charge on any atom is -0.326 e. The van der Waals surface area contributed by atoms with Crippen LogP contribution in [0, 0.1) is 0 Å². The molecule has 0 amide bonds. The zero-order valence-electron chi connectivity index (χ0n) is 21.6. The molecule has 0 fully saturated rings. The van der Waals surface area contributed by atoms with Gasteiger partial charge in [-0.15, -0.1) is 0 Å². The van der Waals surface area contributed by atoms with Crippen molar-refractivity contribution >= 4 is 17.4 Å². The summed E-state index contributed by atoms with van der Waals surface area (Å²) in [4.78, 5) is 4.34. The lowest BCUT2D eigenvalue weighted by Gasteiger charge is -2.37. The first-order chi connectivity index (χ1) is 18.1. The van der Waals surface area contributed by atoms with E-state index in [1.807, 2.05) is 48.9 Å². The first-order valence-electron chi connectivity index (χ1n) is 12.7. The molecular formula is C33H33BN2Si. The van der Waals surface area contributed by atoms with Crippen LogP contribution in [0.1, 0.15) is 41.9 Å². The molecule has 1 aromatic heterocycles. The molecule has 5 aromatic rings. The molecular weight excluding hydrogens is 463 g/mol. The van der Waals surface area contributed by atoms with Crippen LogP contribution in [-0.4, -0.2) is 26.9 Å². The maximum Gasteiger partial charge on any atom is 0.0954 e. The van der Waals surface area contributed by atoms with Gasteiger partial charge in [-0.1, -0.05) is 133 Å². The van der Waals surface area contributed by atoms with Gasteiger partial charge in [0.2, 0.25) is 0 Å². The number of nitrogens with zero attached hydrogens (tertiary/aromatic N) is 2. The summed E-state index contributed by atoms with van der Waals surface area (Å²) in [6.07, 6.45) is 8.18. The minimum atomic E-state index is -0.639. The second kappa shape index (κ2) is 12.9. The SMILES string of the molecule is CC=C(C)[SiH2]C(c1ccccc1)(c1ccccc1)n1ccnc1.[B]C(c1ccccc1)c1ccccc1. The summed E-state index contributed by atoms with van der Waals surface area (Å²) in [5, 5.41) is 1.35. The molecule has 4 aromatic carbocycles. The van der Waals surface area contributed by atoms with Gasteiger partial charge < -0.3 is 4.57 Å². The standard InChI is InChI=1S/C20H22N2Si.C13H11B/c1-3-17(2)23-20(22-15-14-21-16-22,18-10-6-4-7-11-18)19-12-8-5-9-13-19;14-13(11-7-3-1-4-8-11)12-9-5-2-6-10-12/h3-16H,23H2,1-2H3;1-10,13H. The van der Waals surface area contributed by atoms with Crippen LogP contribution in [0.25, 0.3) is 0 Å². The summed E-state index contributed by atoms with van der Waals surface area (Å²) < 4.78 is 2.29. The molecule has 0 aliphatic carbocycles. The maximum absolute atomic E-state index is 6.12. The Morgan fingerprint density at radius 3 is 1.57 bits per heavy atom. The molecule has 37 heavy (non-hydrogen) atoms. The van der Waals surface area contributed by atoms with Crippen LogP contribution in [0.3, 0.4) is 0 Å². The zero-order chi connectivity index (χ0) is 25.9. The van der Waals surface area contributed by atoms with Crippen LogP contribution >= 0.6 is 0 Å². The maximum atomic E-state index is 6.12. The fourth-order valence-electron chi connectivity index (χ4n) is 4.69. The highest BCUT2D eigenvalue weighted by atomic mass is 28.2. The molecule has 0 aliphatic rings. The molecule has 2 radical (unpaired) electrons. The fraction of sp³-hybridized carbons (Fsp3) is 0.121. The summed E-state index contributed by atoms with van der Waals surface area (Å²) in [7, 11) is 5.48. The van der Waals surface area contributed by atoms with E-state index in [9.17, 15) is 0 Å². The third-order valence-corrected chi connectivity index (χ3v) is 9.45. The molecule has 4 heteroatoms. The Hall–Kier alpha value is -3.89. The Labute approximate surface area is 225 Å². The molecule has 0 saturated carbocycles. The molecule has 0 saturated heterocycles. The van der Waals surface area contributed by atoms with Crippen molar-refractivity contribution in [2.24, 2.45) is 0 Å². The lowest BCUT2D eigenvalue weighted by Crippen LogP contribution is -2.42. The number of rotatable bonds is 7. The van der Waals surface area contributed by atoms with E-state index < -0.39 is 9.52 Å². The molecule has 182 valence electrons. The van der Waals surface area contributed by atoms with Gasteiger partial charge in [-0.25, -0.2) is 4.98 Å². The van der Waals surface area contributed by atoms with Crippen molar-refractivity contribution in [1.82, 2.24) is 9.55 Å². The number of allylic oxidation sites excluding steroid dienone is 2. The fourth-order valence-corrected chi connectivity index (χ4v) is 6.95. The number of hydrogen-bond acceptors (Lipinski definition) is 1. The molecule has 0 bridgehead atoms. The largest absolute Gasteiger partial charge is 0.326 e. The van der Waals surface area contributed by atoms with Gasteiger partial charge in [0.25, 0.3) is 0 Å². The van der Waals surface area contributed by atoms with Crippen molar-refractivity contribution in [3.05, 3.63) is 174 Å². The van der Waals surface area contributed by atoms with Crippen molar-refractivity contribution in [2.75, 3.05) is 0 Å². The highest BCUT2D eigenvalue weighted by molar-refractivity contribution is 6.50. The molecule has 0 atom stereocenters. The van der Waals surface area contributed by atoms with Gasteiger partial charge in [0, 0.05) is 12.4 Å². The van der Waals surface area contributed by atoms with Crippen molar-refractivity contribution in [2.45, 2.75) is 24.8 Å². The number of benzene rings is 4. The molecule has 1 heterocycles. The summed E-state index contributed by atoms with van der Waals surface area (Å²) in [6.45, 7) is 4.39.